The van der Waals surface area contributed by atoms with Crippen LogP contribution in [0.1, 0.15) is 17.5 Å². The number of hydrogen-bond donors (Lipinski definition) is 3. The largest absolute Gasteiger partial charge is 0.451 e. The molecule has 1 aromatic heterocycles. The summed E-state index contributed by atoms with van der Waals surface area (Å²) in [5, 5.41) is 15.0. The second-order valence-electron chi connectivity index (χ2n) is 4.28. The number of nitrogens with one attached hydrogen (secondary N) is 1. The Balaban J connectivity index is 2.04. The number of benzene rings is 1. The average Bonchev–Trinajstić information content (AvgIpc) is 2.87. The van der Waals surface area contributed by atoms with Gasteiger partial charge in [-0.1, -0.05) is 30.3 Å². The molecule has 1 aromatic carbocycles. The van der Waals surface area contributed by atoms with Crippen LogP contribution < -0.4 is 11.1 Å². The molecule has 1 amide bonds. The van der Waals surface area contributed by atoms with Crippen molar-refractivity contribution in [3.05, 3.63) is 36.1 Å². The van der Waals surface area contributed by atoms with Gasteiger partial charge in [0.1, 0.15) is 11.4 Å². The van der Waals surface area contributed by atoms with Crippen LogP contribution in [0.25, 0.3) is 11.0 Å². The fourth-order valence-electron chi connectivity index (χ4n) is 1.63. The number of nitrogens with two attached hydrogens (primary N) is 1. The summed E-state index contributed by atoms with van der Waals surface area (Å²) in [7, 11) is 0. The normalized spacial score (nSPS) is 13.4. The van der Waals surface area contributed by atoms with E-state index in [0.717, 1.165) is 5.39 Å². The van der Waals surface area contributed by atoms with Gasteiger partial charge in [0.15, 0.2) is 5.76 Å². The third-order valence-corrected chi connectivity index (χ3v) is 2.84. The summed E-state index contributed by atoms with van der Waals surface area (Å²) in [5.74, 6) is -0.259. The monoisotopic (exact) mass is 261 g/mol. The van der Waals surface area contributed by atoms with Crippen LogP contribution in [-0.4, -0.2) is 23.5 Å². The van der Waals surface area contributed by atoms with Crippen molar-refractivity contribution in [1.29, 1.82) is 0 Å². The fourth-order valence-corrected chi connectivity index (χ4v) is 1.63. The van der Waals surface area contributed by atoms with Crippen molar-refractivity contribution in [2.75, 3.05) is 6.54 Å². The number of oxime groups is 1. The molecule has 1 atom stereocenters. The number of carbonyl (C=O) groups excluding carboxylic acids is 1. The first-order chi connectivity index (χ1) is 9.11. The zero-order valence-corrected chi connectivity index (χ0v) is 10.5. The Labute approximate surface area is 109 Å². The summed E-state index contributed by atoms with van der Waals surface area (Å²) in [4.78, 5) is 11.9. The van der Waals surface area contributed by atoms with Crippen molar-refractivity contribution in [1.82, 2.24) is 5.32 Å². The van der Waals surface area contributed by atoms with Gasteiger partial charge in [-0.05, 0) is 12.1 Å². The fraction of sp³-hybridized carbons (Fsp3) is 0.231. The van der Waals surface area contributed by atoms with Crippen LogP contribution in [0, 0.1) is 5.92 Å². The zero-order chi connectivity index (χ0) is 13.8. The van der Waals surface area contributed by atoms with Crippen LogP contribution in [0.4, 0.5) is 0 Å². The molecule has 0 aliphatic rings. The molecule has 2 aromatic rings. The maximum Gasteiger partial charge on any atom is 0.287 e. The molecule has 6 heteroatoms. The summed E-state index contributed by atoms with van der Waals surface area (Å²) in [5.41, 5.74) is 6.09. The highest BCUT2D eigenvalue weighted by Crippen LogP contribution is 2.18. The van der Waals surface area contributed by atoms with Gasteiger partial charge in [-0.15, -0.1) is 0 Å². The summed E-state index contributed by atoms with van der Waals surface area (Å²) in [6.07, 6.45) is 0. The van der Waals surface area contributed by atoms with Gasteiger partial charge in [0.25, 0.3) is 5.91 Å². The first-order valence-corrected chi connectivity index (χ1v) is 5.86. The molecule has 6 nitrogen and oxygen atoms in total. The predicted molar refractivity (Wildman–Crippen MR) is 71.1 cm³/mol. The quantitative estimate of drug-likeness (QED) is 0.336. The molecule has 100 valence electrons. The van der Waals surface area contributed by atoms with E-state index in [2.05, 4.69) is 10.5 Å². The predicted octanol–water partition coefficient (Wildman–Crippen LogP) is 1.55. The minimum Gasteiger partial charge on any atom is -0.451 e. The minimum atomic E-state index is -0.325. The number of carbonyl (C=O) groups is 1. The van der Waals surface area contributed by atoms with Crippen LogP contribution in [0.2, 0.25) is 0 Å². The lowest BCUT2D eigenvalue weighted by molar-refractivity contribution is 0.0925. The molecule has 0 fully saturated rings. The number of hydrogen-bond acceptors (Lipinski definition) is 4. The van der Waals surface area contributed by atoms with E-state index in [4.69, 9.17) is 15.4 Å². The van der Waals surface area contributed by atoms with Gasteiger partial charge in [0.2, 0.25) is 0 Å². The Morgan fingerprint density at radius 3 is 2.95 bits per heavy atom. The zero-order valence-electron chi connectivity index (χ0n) is 10.5. The molecule has 1 heterocycles. The lowest BCUT2D eigenvalue weighted by Crippen LogP contribution is -2.34. The van der Waals surface area contributed by atoms with Crippen molar-refractivity contribution < 1.29 is 14.4 Å². The summed E-state index contributed by atoms with van der Waals surface area (Å²) in [6.45, 7) is 2.01. The molecule has 2 rings (SSSR count). The molecule has 1 unspecified atom stereocenters. The van der Waals surface area contributed by atoms with Gasteiger partial charge in [-0.25, -0.2) is 0 Å². The lowest BCUT2D eigenvalue weighted by Gasteiger charge is -2.09. The number of nitrogens with zero attached hydrogens (tertiary/aromatic N) is 1. The number of amides is 1. The third-order valence-electron chi connectivity index (χ3n) is 2.84. The molecular formula is C13H15N3O3. The van der Waals surface area contributed by atoms with E-state index in [1.165, 1.54) is 0 Å². The number of rotatable bonds is 4. The molecule has 0 bridgehead atoms. The van der Waals surface area contributed by atoms with Gasteiger partial charge in [0, 0.05) is 17.8 Å². The van der Waals surface area contributed by atoms with Crippen LogP contribution in [0.15, 0.2) is 39.9 Å². The van der Waals surface area contributed by atoms with Gasteiger partial charge in [0.05, 0.1) is 0 Å². The molecule has 0 aliphatic carbocycles. The van der Waals surface area contributed by atoms with Gasteiger partial charge < -0.3 is 20.7 Å². The maximum atomic E-state index is 11.9. The van der Waals surface area contributed by atoms with E-state index in [1.807, 2.05) is 18.2 Å². The van der Waals surface area contributed by atoms with E-state index >= 15 is 0 Å². The Morgan fingerprint density at radius 1 is 1.53 bits per heavy atom. The van der Waals surface area contributed by atoms with E-state index in [1.54, 1.807) is 19.1 Å². The smallest absolute Gasteiger partial charge is 0.287 e. The van der Waals surface area contributed by atoms with Crippen molar-refractivity contribution in [3.63, 3.8) is 0 Å². The number of amidine groups is 1. The highest BCUT2D eigenvalue weighted by molar-refractivity contribution is 5.96. The molecule has 4 N–H and O–H groups in total. The van der Waals surface area contributed by atoms with Crippen molar-refractivity contribution in [2.24, 2.45) is 16.8 Å². The highest BCUT2D eigenvalue weighted by Gasteiger charge is 2.14. The molecule has 0 saturated heterocycles. The standard InChI is InChI=1S/C13H15N3O3/c1-8(12(14)16-18)7-15-13(17)11-6-9-4-2-3-5-10(9)19-11/h2-6,8,18H,7H2,1H3,(H2,14,16)(H,15,17). The van der Waals surface area contributed by atoms with Gasteiger partial charge >= 0.3 is 0 Å². The van der Waals surface area contributed by atoms with Crippen LogP contribution >= 0.6 is 0 Å². The first kappa shape index (κ1) is 12.9. The molecule has 0 radical (unpaired) electrons. The number of furan rings is 1. The van der Waals surface area contributed by atoms with Gasteiger partial charge in [-0.2, -0.15) is 0 Å². The Kier molecular flexibility index (Phi) is 3.70. The molecule has 0 saturated carbocycles. The topological polar surface area (TPSA) is 101 Å². The average molecular weight is 261 g/mol. The van der Waals surface area contributed by atoms with Crippen molar-refractivity contribution >= 4 is 22.7 Å². The van der Waals surface area contributed by atoms with Crippen molar-refractivity contribution in [2.45, 2.75) is 6.92 Å². The van der Waals surface area contributed by atoms with E-state index < -0.39 is 0 Å². The molecule has 19 heavy (non-hydrogen) atoms. The SMILES string of the molecule is CC(CNC(=O)c1cc2ccccc2o1)C(N)=NO. The van der Waals surface area contributed by atoms with Gasteiger partial charge in [-0.3, -0.25) is 4.79 Å². The first-order valence-electron chi connectivity index (χ1n) is 5.86. The second kappa shape index (κ2) is 5.43. The van der Waals surface area contributed by atoms with E-state index in [0.29, 0.717) is 5.58 Å². The van der Waals surface area contributed by atoms with Crippen LogP contribution in [0.5, 0.6) is 0 Å². The molecule has 0 spiro atoms. The lowest BCUT2D eigenvalue weighted by atomic mass is 10.1. The number of fused-ring (bicyclic) bond motifs is 1. The Bertz CT molecular complexity index is 585. The summed E-state index contributed by atoms with van der Waals surface area (Å²) < 4.78 is 5.43. The van der Waals surface area contributed by atoms with E-state index in [-0.39, 0.29) is 30.0 Å². The van der Waals surface area contributed by atoms with E-state index in [9.17, 15) is 4.79 Å². The van der Waals surface area contributed by atoms with Crippen molar-refractivity contribution in [3.8, 4) is 0 Å². The number of para-hydroxylation sites is 1. The summed E-state index contributed by atoms with van der Waals surface area (Å²) >= 11 is 0. The van der Waals surface area contributed by atoms with Crippen LogP contribution in [-0.2, 0) is 0 Å². The molecule has 0 aliphatic heterocycles. The Morgan fingerprint density at radius 2 is 2.26 bits per heavy atom. The molecular weight excluding hydrogens is 246 g/mol. The second-order valence-corrected chi connectivity index (χ2v) is 4.28. The maximum absolute atomic E-state index is 11.9. The van der Waals surface area contributed by atoms with Crippen LogP contribution in [0.3, 0.4) is 0 Å². The minimum absolute atomic E-state index is 0.0740. The highest BCUT2D eigenvalue weighted by atomic mass is 16.4. The third kappa shape index (κ3) is 2.85. The summed E-state index contributed by atoms with van der Waals surface area (Å²) in [6, 6.07) is 9.06. The Hall–Kier alpha value is -2.50.